The third-order valence-corrected chi connectivity index (χ3v) is 6.52. The molecule has 0 saturated carbocycles. The zero-order chi connectivity index (χ0) is 18.6. The van der Waals surface area contributed by atoms with Crippen molar-refractivity contribution in [3.8, 4) is 0 Å². The van der Waals surface area contributed by atoms with Gasteiger partial charge in [0.1, 0.15) is 0 Å². The fourth-order valence-corrected chi connectivity index (χ4v) is 4.82. The molecule has 1 unspecified atom stereocenters. The van der Waals surface area contributed by atoms with Crippen molar-refractivity contribution >= 4 is 27.3 Å². The van der Waals surface area contributed by atoms with Gasteiger partial charge in [-0.05, 0) is 48.6 Å². The first-order valence-electron chi connectivity index (χ1n) is 8.91. The zero-order valence-electron chi connectivity index (χ0n) is 14.9. The summed E-state index contributed by atoms with van der Waals surface area (Å²) in [4.78, 5) is 12.3. The van der Waals surface area contributed by atoms with Crippen LogP contribution in [0.5, 0.6) is 0 Å². The maximum atomic E-state index is 12.3. The molecule has 1 aliphatic rings. The van der Waals surface area contributed by atoms with E-state index in [0.29, 0.717) is 30.8 Å². The Labute approximate surface area is 155 Å². The summed E-state index contributed by atoms with van der Waals surface area (Å²) in [6.07, 6.45) is 1.98. The molecule has 5 nitrogen and oxygen atoms in total. The first-order valence-corrected chi connectivity index (χ1v) is 10.5. The van der Waals surface area contributed by atoms with Gasteiger partial charge in [-0.3, -0.25) is 9.10 Å². The molecule has 0 radical (unpaired) electrons. The van der Waals surface area contributed by atoms with Crippen LogP contribution in [0.15, 0.2) is 54.6 Å². The lowest BCUT2D eigenvalue weighted by Crippen LogP contribution is -2.37. The fraction of sp³-hybridized carbons (Fsp3) is 0.350. The van der Waals surface area contributed by atoms with Gasteiger partial charge in [0.2, 0.25) is 15.9 Å². The van der Waals surface area contributed by atoms with E-state index in [4.69, 9.17) is 0 Å². The van der Waals surface area contributed by atoms with Gasteiger partial charge >= 0.3 is 0 Å². The smallest absolute Gasteiger partial charge is 0.235 e. The third-order valence-electron chi connectivity index (χ3n) is 4.65. The molecule has 2 aromatic rings. The molecular weight excluding hydrogens is 348 g/mol. The van der Waals surface area contributed by atoms with Crippen molar-refractivity contribution in [1.82, 2.24) is 0 Å². The van der Waals surface area contributed by atoms with E-state index in [0.717, 1.165) is 12.0 Å². The molecule has 0 aromatic heterocycles. The topological polar surface area (TPSA) is 66.5 Å². The van der Waals surface area contributed by atoms with E-state index in [1.165, 1.54) is 4.31 Å². The fourth-order valence-electron chi connectivity index (χ4n) is 3.18. The van der Waals surface area contributed by atoms with Gasteiger partial charge in [-0.1, -0.05) is 37.3 Å². The molecular formula is C20H24N2O3S. The van der Waals surface area contributed by atoms with E-state index >= 15 is 0 Å². The highest BCUT2D eigenvalue weighted by molar-refractivity contribution is 7.92. The van der Waals surface area contributed by atoms with Crippen molar-refractivity contribution in [1.29, 1.82) is 0 Å². The van der Waals surface area contributed by atoms with Crippen molar-refractivity contribution in [2.24, 2.45) is 0 Å². The molecule has 1 amide bonds. The molecule has 138 valence electrons. The average Bonchev–Trinajstić information content (AvgIpc) is 2.63. The molecule has 0 spiro atoms. The first kappa shape index (κ1) is 18.5. The summed E-state index contributed by atoms with van der Waals surface area (Å²) >= 11 is 0. The van der Waals surface area contributed by atoms with Crippen LogP contribution in [0.2, 0.25) is 0 Å². The van der Waals surface area contributed by atoms with Gasteiger partial charge in [-0.15, -0.1) is 0 Å². The molecule has 1 fully saturated rings. The SMILES string of the molecule is CC(CC(=O)Nc1ccc(N2CCCCS2(=O)=O)cc1)c1ccccc1. The number of carbonyl (C=O) groups is 1. The minimum atomic E-state index is -3.21. The third kappa shape index (κ3) is 4.43. The van der Waals surface area contributed by atoms with Crippen molar-refractivity contribution in [3.05, 3.63) is 60.2 Å². The van der Waals surface area contributed by atoms with E-state index in [2.05, 4.69) is 5.32 Å². The molecule has 1 heterocycles. The van der Waals surface area contributed by atoms with Gasteiger partial charge in [-0.2, -0.15) is 0 Å². The van der Waals surface area contributed by atoms with Gasteiger partial charge in [-0.25, -0.2) is 8.42 Å². The van der Waals surface area contributed by atoms with Crippen molar-refractivity contribution in [2.45, 2.75) is 32.1 Å². The lowest BCUT2D eigenvalue weighted by molar-refractivity contribution is -0.116. The number of sulfonamides is 1. The van der Waals surface area contributed by atoms with E-state index in [1.54, 1.807) is 24.3 Å². The van der Waals surface area contributed by atoms with Crippen LogP contribution in [0.25, 0.3) is 0 Å². The summed E-state index contributed by atoms with van der Waals surface area (Å²) in [6, 6.07) is 16.9. The van der Waals surface area contributed by atoms with Gasteiger partial charge in [0.15, 0.2) is 0 Å². The van der Waals surface area contributed by atoms with Crippen LogP contribution < -0.4 is 9.62 Å². The first-order chi connectivity index (χ1) is 12.5. The van der Waals surface area contributed by atoms with E-state index in [-0.39, 0.29) is 17.6 Å². The maximum Gasteiger partial charge on any atom is 0.235 e. The summed E-state index contributed by atoms with van der Waals surface area (Å²) in [5, 5.41) is 2.89. The molecule has 2 aromatic carbocycles. The number of anilines is 2. The summed E-state index contributed by atoms with van der Waals surface area (Å²) < 4.78 is 25.8. The van der Waals surface area contributed by atoms with E-state index in [9.17, 15) is 13.2 Å². The second kappa shape index (κ2) is 7.91. The number of nitrogens with one attached hydrogen (secondary N) is 1. The van der Waals surface area contributed by atoms with Crippen molar-refractivity contribution in [2.75, 3.05) is 21.9 Å². The van der Waals surface area contributed by atoms with Crippen LogP contribution in [0.3, 0.4) is 0 Å². The maximum absolute atomic E-state index is 12.3. The van der Waals surface area contributed by atoms with Crippen LogP contribution in [-0.2, 0) is 14.8 Å². The average molecular weight is 372 g/mol. The standard InChI is InChI=1S/C20H24N2O3S/c1-16(17-7-3-2-4-8-17)15-20(23)21-18-9-11-19(12-10-18)22-13-5-6-14-26(22,24)25/h2-4,7-12,16H,5-6,13-15H2,1H3,(H,21,23). The summed E-state index contributed by atoms with van der Waals surface area (Å²) in [7, 11) is -3.21. The number of amides is 1. The van der Waals surface area contributed by atoms with Crippen LogP contribution in [0, 0.1) is 0 Å². The van der Waals surface area contributed by atoms with Gasteiger partial charge in [0.05, 0.1) is 11.4 Å². The van der Waals surface area contributed by atoms with Crippen LogP contribution in [0.4, 0.5) is 11.4 Å². The predicted octanol–water partition coefficient (Wildman–Crippen LogP) is 3.75. The lowest BCUT2D eigenvalue weighted by Gasteiger charge is -2.28. The zero-order valence-corrected chi connectivity index (χ0v) is 15.7. The Morgan fingerprint density at radius 2 is 1.77 bits per heavy atom. The molecule has 6 heteroatoms. The highest BCUT2D eigenvalue weighted by Crippen LogP contribution is 2.25. The lowest BCUT2D eigenvalue weighted by atomic mass is 9.97. The van der Waals surface area contributed by atoms with E-state index < -0.39 is 10.0 Å². The van der Waals surface area contributed by atoms with Crippen molar-refractivity contribution in [3.63, 3.8) is 0 Å². The highest BCUT2D eigenvalue weighted by atomic mass is 32.2. The Hall–Kier alpha value is -2.34. The predicted molar refractivity (Wildman–Crippen MR) is 105 cm³/mol. The number of carbonyl (C=O) groups excluding carboxylic acids is 1. The largest absolute Gasteiger partial charge is 0.326 e. The number of rotatable bonds is 5. The van der Waals surface area contributed by atoms with Crippen molar-refractivity contribution < 1.29 is 13.2 Å². The summed E-state index contributed by atoms with van der Waals surface area (Å²) in [5.41, 5.74) is 2.46. The molecule has 0 aliphatic carbocycles. The molecule has 1 N–H and O–H groups in total. The molecule has 0 bridgehead atoms. The Morgan fingerprint density at radius 1 is 1.08 bits per heavy atom. The van der Waals surface area contributed by atoms with Gasteiger partial charge in [0, 0.05) is 18.7 Å². The number of benzene rings is 2. The Morgan fingerprint density at radius 3 is 2.42 bits per heavy atom. The molecule has 1 atom stereocenters. The minimum absolute atomic E-state index is 0.0558. The monoisotopic (exact) mass is 372 g/mol. The molecule has 1 aliphatic heterocycles. The summed E-state index contributed by atoms with van der Waals surface area (Å²) in [6.45, 7) is 2.54. The Balaban J connectivity index is 1.61. The second-order valence-corrected chi connectivity index (χ2v) is 8.72. The number of nitrogens with zero attached hydrogens (tertiary/aromatic N) is 1. The van der Waals surface area contributed by atoms with Gasteiger partial charge in [0.25, 0.3) is 0 Å². The van der Waals surface area contributed by atoms with Gasteiger partial charge < -0.3 is 5.32 Å². The van der Waals surface area contributed by atoms with E-state index in [1.807, 2.05) is 37.3 Å². The highest BCUT2D eigenvalue weighted by Gasteiger charge is 2.25. The second-order valence-electron chi connectivity index (χ2n) is 6.71. The summed E-state index contributed by atoms with van der Waals surface area (Å²) in [5.74, 6) is 0.275. The number of hydrogen-bond acceptors (Lipinski definition) is 3. The minimum Gasteiger partial charge on any atom is -0.326 e. The Bertz CT molecular complexity index is 848. The molecule has 1 saturated heterocycles. The van der Waals surface area contributed by atoms with Crippen LogP contribution >= 0.6 is 0 Å². The van der Waals surface area contributed by atoms with Crippen LogP contribution in [0.1, 0.15) is 37.7 Å². The molecule has 26 heavy (non-hydrogen) atoms. The number of hydrogen-bond donors (Lipinski definition) is 1. The van der Waals surface area contributed by atoms with Crippen LogP contribution in [-0.4, -0.2) is 26.6 Å². The quantitative estimate of drug-likeness (QED) is 0.869. The Kier molecular flexibility index (Phi) is 5.61. The normalized spacial score (nSPS) is 17.5. The molecule has 3 rings (SSSR count).